The van der Waals surface area contributed by atoms with E-state index in [9.17, 15) is 9.59 Å². The van der Waals surface area contributed by atoms with Crippen molar-refractivity contribution in [1.82, 2.24) is 15.5 Å². The molecule has 2 amide bonds. The first-order valence-electron chi connectivity index (χ1n) is 10.7. The van der Waals surface area contributed by atoms with Crippen LogP contribution >= 0.6 is 0 Å². The maximum Gasteiger partial charge on any atom is 0.251 e. The summed E-state index contributed by atoms with van der Waals surface area (Å²) in [4.78, 5) is 26.9. The largest absolute Gasteiger partial charge is 0.497 e. The minimum Gasteiger partial charge on any atom is -0.497 e. The van der Waals surface area contributed by atoms with E-state index >= 15 is 0 Å². The molecule has 164 valence electrons. The Balaban J connectivity index is 1.28. The Morgan fingerprint density at radius 2 is 1.47 bits per heavy atom. The summed E-state index contributed by atoms with van der Waals surface area (Å²) in [5, 5.41) is 5.68. The van der Waals surface area contributed by atoms with Gasteiger partial charge in [0.1, 0.15) is 5.75 Å². The normalized spacial score (nSPS) is 13.9. The number of methoxy groups -OCH3 is 1. The number of hydrogen-bond donors (Lipinski definition) is 2. The van der Waals surface area contributed by atoms with Crippen molar-refractivity contribution in [3.8, 4) is 5.75 Å². The van der Waals surface area contributed by atoms with Gasteiger partial charge >= 0.3 is 0 Å². The van der Waals surface area contributed by atoms with Crippen molar-refractivity contribution in [2.75, 3.05) is 26.7 Å². The van der Waals surface area contributed by atoms with Crippen LogP contribution in [0.5, 0.6) is 5.75 Å². The second-order valence-electron chi connectivity index (χ2n) is 7.85. The van der Waals surface area contributed by atoms with E-state index in [0.29, 0.717) is 11.3 Å². The molecule has 0 aliphatic carbocycles. The topological polar surface area (TPSA) is 70.7 Å². The number of benzene rings is 3. The number of carbonyl (C=O) groups is 2. The summed E-state index contributed by atoms with van der Waals surface area (Å²) in [5.41, 5.74) is 2.95. The summed E-state index contributed by atoms with van der Waals surface area (Å²) in [6.07, 6.45) is 0. The van der Waals surface area contributed by atoms with Crippen LogP contribution in [0, 0.1) is 0 Å². The molecule has 4 rings (SSSR count). The van der Waals surface area contributed by atoms with E-state index in [0.717, 1.165) is 13.1 Å². The van der Waals surface area contributed by atoms with Gasteiger partial charge < -0.3 is 15.4 Å². The number of nitrogens with one attached hydrogen (secondary N) is 2. The molecule has 1 aliphatic rings. The van der Waals surface area contributed by atoms with Crippen molar-refractivity contribution in [3.05, 3.63) is 102 Å². The lowest BCUT2D eigenvalue weighted by atomic mass is 9.93. The maximum absolute atomic E-state index is 12.3. The molecule has 0 spiro atoms. The zero-order valence-electron chi connectivity index (χ0n) is 18.0. The van der Waals surface area contributed by atoms with Gasteiger partial charge in [0.15, 0.2) is 0 Å². The third kappa shape index (κ3) is 5.15. The molecular weight excluding hydrogens is 402 g/mol. The van der Waals surface area contributed by atoms with Gasteiger partial charge in [0, 0.05) is 18.7 Å². The number of likely N-dealkylation sites (tertiary alicyclic amines) is 1. The van der Waals surface area contributed by atoms with Gasteiger partial charge in [0.25, 0.3) is 5.91 Å². The lowest BCUT2D eigenvalue weighted by molar-refractivity contribution is -0.122. The number of rotatable bonds is 8. The maximum atomic E-state index is 12.3. The Labute approximate surface area is 188 Å². The molecule has 1 saturated heterocycles. The fourth-order valence-corrected chi connectivity index (χ4v) is 3.98. The van der Waals surface area contributed by atoms with E-state index in [1.165, 1.54) is 11.1 Å². The molecule has 3 aromatic rings. The van der Waals surface area contributed by atoms with Crippen LogP contribution in [0.3, 0.4) is 0 Å². The third-order valence-corrected chi connectivity index (χ3v) is 5.63. The molecule has 0 radical (unpaired) electrons. The summed E-state index contributed by atoms with van der Waals surface area (Å²) in [6.45, 7) is 1.46. The van der Waals surface area contributed by atoms with Crippen LogP contribution in [0.1, 0.15) is 27.5 Å². The summed E-state index contributed by atoms with van der Waals surface area (Å²) in [5.74, 6) is 0.205. The molecule has 3 aromatic carbocycles. The lowest BCUT2D eigenvalue weighted by Crippen LogP contribution is -2.61. The van der Waals surface area contributed by atoms with Crippen LogP contribution in [0.25, 0.3) is 0 Å². The molecule has 6 nitrogen and oxygen atoms in total. The van der Waals surface area contributed by atoms with Crippen LogP contribution in [0.15, 0.2) is 84.9 Å². The van der Waals surface area contributed by atoms with Crippen molar-refractivity contribution >= 4 is 11.8 Å². The zero-order chi connectivity index (χ0) is 22.3. The quantitative estimate of drug-likeness (QED) is 0.578. The number of nitrogens with zero attached hydrogens (tertiary/aromatic N) is 1. The predicted octanol–water partition coefficient (Wildman–Crippen LogP) is 3.02. The first-order chi connectivity index (χ1) is 15.6. The summed E-state index contributed by atoms with van der Waals surface area (Å²) < 4.78 is 5.09. The average Bonchev–Trinajstić information content (AvgIpc) is 2.82. The van der Waals surface area contributed by atoms with E-state index in [1.807, 2.05) is 12.1 Å². The van der Waals surface area contributed by atoms with Crippen molar-refractivity contribution in [2.24, 2.45) is 0 Å². The molecule has 2 N–H and O–H groups in total. The number of ether oxygens (including phenoxy) is 1. The Morgan fingerprint density at radius 1 is 0.906 bits per heavy atom. The minimum atomic E-state index is -0.286. The fraction of sp³-hybridized carbons (Fsp3) is 0.231. The molecule has 1 heterocycles. The molecule has 0 saturated carbocycles. The van der Waals surface area contributed by atoms with Gasteiger partial charge in [0.05, 0.1) is 25.7 Å². The highest BCUT2D eigenvalue weighted by Gasteiger charge is 2.34. The molecule has 1 aliphatic heterocycles. The van der Waals surface area contributed by atoms with Gasteiger partial charge in [-0.15, -0.1) is 0 Å². The Morgan fingerprint density at radius 3 is 2.00 bits per heavy atom. The predicted molar refractivity (Wildman–Crippen MR) is 124 cm³/mol. The summed E-state index contributed by atoms with van der Waals surface area (Å²) in [7, 11) is 1.57. The molecule has 0 aromatic heterocycles. The molecule has 0 unspecified atom stereocenters. The van der Waals surface area contributed by atoms with Crippen molar-refractivity contribution in [3.63, 3.8) is 0 Å². The zero-order valence-corrected chi connectivity index (χ0v) is 18.0. The lowest BCUT2D eigenvalue weighted by Gasteiger charge is -2.45. The van der Waals surface area contributed by atoms with Crippen LogP contribution in [0.4, 0.5) is 0 Å². The van der Waals surface area contributed by atoms with Crippen LogP contribution < -0.4 is 15.4 Å². The summed E-state index contributed by atoms with van der Waals surface area (Å²) >= 11 is 0. The van der Waals surface area contributed by atoms with E-state index in [1.54, 1.807) is 31.4 Å². The second-order valence-corrected chi connectivity index (χ2v) is 7.85. The SMILES string of the molecule is COc1ccc(C(=O)NCC(=O)NC2CN(C(c3ccccc3)c3ccccc3)C2)cc1. The minimum absolute atomic E-state index is 0.0534. The van der Waals surface area contributed by atoms with Crippen molar-refractivity contribution in [1.29, 1.82) is 0 Å². The fourth-order valence-electron chi connectivity index (χ4n) is 3.98. The molecular formula is C26H27N3O3. The van der Waals surface area contributed by atoms with Gasteiger partial charge in [-0.2, -0.15) is 0 Å². The van der Waals surface area contributed by atoms with Gasteiger partial charge in [-0.25, -0.2) is 0 Å². The number of carbonyl (C=O) groups excluding carboxylic acids is 2. The van der Waals surface area contributed by atoms with Crippen LogP contribution in [0.2, 0.25) is 0 Å². The highest BCUT2D eigenvalue weighted by atomic mass is 16.5. The van der Waals surface area contributed by atoms with Crippen molar-refractivity contribution in [2.45, 2.75) is 12.1 Å². The van der Waals surface area contributed by atoms with E-state index in [2.05, 4.69) is 64.1 Å². The first-order valence-corrected chi connectivity index (χ1v) is 10.7. The van der Waals surface area contributed by atoms with Crippen LogP contribution in [-0.2, 0) is 4.79 Å². The van der Waals surface area contributed by atoms with Crippen LogP contribution in [-0.4, -0.2) is 49.5 Å². The molecule has 0 bridgehead atoms. The number of amides is 2. The monoisotopic (exact) mass is 429 g/mol. The number of hydrogen-bond acceptors (Lipinski definition) is 4. The third-order valence-electron chi connectivity index (χ3n) is 5.63. The van der Waals surface area contributed by atoms with E-state index < -0.39 is 0 Å². The molecule has 1 fully saturated rings. The Bertz CT molecular complexity index is 993. The summed E-state index contributed by atoms with van der Waals surface area (Å²) in [6, 6.07) is 27.8. The van der Waals surface area contributed by atoms with Gasteiger partial charge in [0.2, 0.25) is 5.91 Å². The highest BCUT2D eigenvalue weighted by molar-refractivity contribution is 5.96. The van der Waals surface area contributed by atoms with E-state index in [4.69, 9.17) is 4.74 Å². The average molecular weight is 430 g/mol. The molecule has 0 atom stereocenters. The Hall–Kier alpha value is -3.64. The smallest absolute Gasteiger partial charge is 0.251 e. The molecule has 6 heteroatoms. The van der Waals surface area contributed by atoms with E-state index in [-0.39, 0.29) is 30.4 Å². The van der Waals surface area contributed by atoms with Gasteiger partial charge in [-0.3, -0.25) is 14.5 Å². The molecule has 32 heavy (non-hydrogen) atoms. The highest BCUT2D eigenvalue weighted by Crippen LogP contribution is 2.32. The first kappa shape index (κ1) is 21.6. The van der Waals surface area contributed by atoms with Gasteiger partial charge in [-0.05, 0) is 35.4 Å². The Kier molecular flexibility index (Phi) is 6.82. The second kappa shape index (κ2) is 10.1. The van der Waals surface area contributed by atoms with Gasteiger partial charge in [-0.1, -0.05) is 60.7 Å². The standard InChI is InChI=1S/C26H27N3O3/c1-32-23-14-12-21(13-15-23)26(31)27-16-24(30)28-22-17-29(18-22)25(19-8-4-2-5-9-19)20-10-6-3-7-11-20/h2-15,22,25H,16-18H2,1H3,(H,27,31)(H,28,30). The van der Waals surface area contributed by atoms with Crippen molar-refractivity contribution < 1.29 is 14.3 Å².